The molecule has 0 atom stereocenters. The van der Waals surface area contributed by atoms with Crippen LogP contribution in [0.25, 0.3) is 17.1 Å². The molecular weight excluding hydrogens is 470 g/mol. The second-order valence-corrected chi connectivity index (χ2v) is 9.61. The Hall–Kier alpha value is -3.78. The second kappa shape index (κ2) is 10.9. The van der Waals surface area contributed by atoms with Crippen LogP contribution in [0.2, 0.25) is 0 Å². The third-order valence-electron chi connectivity index (χ3n) is 6.34. The fourth-order valence-corrected chi connectivity index (χ4v) is 5.22. The number of hydrogen-bond donors (Lipinski definition) is 0. The number of thioether (sulfide) groups is 1. The van der Waals surface area contributed by atoms with E-state index in [1.165, 1.54) is 17.3 Å². The molecule has 0 saturated carbocycles. The average molecular weight is 500 g/mol. The number of piperazine rings is 1. The molecule has 0 radical (unpaired) electrons. The van der Waals surface area contributed by atoms with E-state index >= 15 is 0 Å². The zero-order valence-corrected chi connectivity index (χ0v) is 21.3. The number of carbonyl (C=O) groups is 1. The van der Waals surface area contributed by atoms with Crippen LogP contribution in [-0.4, -0.2) is 64.6 Å². The number of anilines is 1. The third-order valence-corrected chi connectivity index (χ3v) is 7.25. The van der Waals surface area contributed by atoms with Crippen molar-refractivity contribution in [3.63, 3.8) is 0 Å². The highest BCUT2D eigenvalue weighted by Crippen LogP contribution is 2.30. The summed E-state index contributed by atoms with van der Waals surface area (Å²) in [5.74, 6) is 2.05. The molecule has 1 aliphatic rings. The number of aryl methyl sites for hydroxylation is 1. The molecule has 5 rings (SSSR count). The van der Waals surface area contributed by atoms with Crippen LogP contribution < -0.4 is 9.64 Å². The van der Waals surface area contributed by atoms with Gasteiger partial charge < -0.3 is 14.5 Å². The van der Waals surface area contributed by atoms with Crippen molar-refractivity contribution in [2.45, 2.75) is 12.1 Å². The number of methoxy groups -OCH3 is 1. The summed E-state index contributed by atoms with van der Waals surface area (Å²) in [6.07, 6.45) is 0. The number of carbonyl (C=O) groups excluding carboxylic acids is 1. The lowest BCUT2D eigenvalue weighted by molar-refractivity contribution is -0.128. The summed E-state index contributed by atoms with van der Waals surface area (Å²) in [6, 6.07) is 26.3. The molecule has 8 heteroatoms. The van der Waals surface area contributed by atoms with Crippen LogP contribution >= 0.6 is 11.8 Å². The van der Waals surface area contributed by atoms with E-state index < -0.39 is 0 Å². The molecule has 4 aromatic rings. The number of rotatable bonds is 7. The van der Waals surface area contributed by atoms with Crippen LogP contribution in [0, 0.1) is 6.92 Å². The number of benzene rings is 3. The molecule has 1 amide bonds. The van der Waals surface area contributed by atoms with E-state index in [1.807, 2.05) is 58.0 Å². The highest BCUT2D eigenvalue weighted by molar-refractivity contribution is 7.99. The first kappa shape index (κ1) is 23.9. The van der Waals surface area contributed by atoms with Gasteiger partial charge in [-0.05, 0) is 31.2 Å². The van der Waals surface area contributed by atoms with E-state index in [9.17, 15) is 4.79 Å². The number of amides is 1. The van der Waals surface area contributed by atoms with Gasteiger partial charge in [0, 0.05) is 37.4 Å². The van der Waals surface area contributed by atoms with Crippen molar-refractivity contribution in [1.82, 2.24) is 19.7 Å². The monoisotopic (exact) mass is 499 g/mol. The maximum absolute atomic E-state index is 13.1. The van der Waals surface area contributed by atoms with Crippen molar-refractivity contribution in [1.29, 1.82) is 0 Å². The van der Waals surface area contributed by atoms with E-state index in [4.69, 9.17) is 4.74 Å². The zero-order chi connectivity index (χ0) is 24.9. The molecule has 2 heterocycles. The Kier molecular flexibility index (Phi) is 7.23. The molecule has 36 heavy (non-hydrogen) atoms. The van der Waals surface area contributed by atoms with Crippen LogP contribution in [0.4, 0.5) is 5.69 Å². The summed E-state index contributed by atoms with van der Waals surface area (Å²) in [5.41, 5.74) is 4.21. The number of aromatic nitrogens is 3. The molecule has 3 aromatic carbocycles. The molecule has 0 spiro atoms. The summed E-state index contributed by atoms with van der Waals surface area (Å²) in [6.45, 7) is 4.97. The van der Waals surface area contributed by atoms with Crippen molar-refractivity contribution in [3.05, 3.63) is 84.4 Å². The molecule has 7 nitrogen and oxygen atoms in total. The van der Waals surface area contributed by atoms with Crippen LogP contribution in [0.15, 0.2) is 84.0 Å². The number of para-hydroxylation sites is 2. The quantitative estimate of drug-likeness (QED) is 0.344. The Morgan fingerprint density at radius 3 is 2.31 bits per heavy atom. The summed E-state index contributed by atoms with van der Waals surface area (Å²) in [5, 5.41) is 9.65. The Bertz CT molecular complexity index is 1320. The van der Waals surface area contributed by atoms with Crippen molar-refractivity contribution < 1.29 is 9.53 Å². The lowest BCUT2D eigenvalue weighted by atomic mass is 10.2. The minimum Gasteiger partial charge on any atom is -0.495 e. The van der Waals surface area contributed by atoms with Gasteiger partial charge in [-0.25, -0.2) is 0 Å². The van der Waals surface area contributed by atoms with Gasteiger partial charge in [0.1, 0.15) is 5.75 Å². The molecule has 1 saturated heterocycles. The van der Waals surface area contributed by atoms with Crippen molar-refractivity contribution in [2.24, 2.45) is 0 Å². The lowest BCUT2D eigenvalue weighted by Gasteiger charge is -2.36. The summed E-state index contributed by atoms with van der Waals surface area (Å²) >= 11 is 1.43. The van der Waals surface area contributed by atoms with E-state index in [-0.39, 0.29) is 5.91 Å². The van der Waals surface area contributed by atoms with E-state index in [1.54, 1.807) is 7.11 Å². The third kappa shape index (κ3) is 5.09. The lowest BCUT2D eigenvalue weighted by Crippen LogP contribution is -2.49. The fourth-order valence-electron chi connectivity index (χ4n) is 4.37. The van der Waals surface area contributed by atoms with E-state index in [0.29, 0.717) is 24.0 Å². The SMILES string of the molecule is COc1ccccc1N1CCN(C(=O)CSc2nnc(-c3ccccc3)n2-c2ccc(C)cc2)CC1. The first-order chi connectivity index (χ1) is 17.6. The number of hydrogen-bond acceptors (Lipinski definition) is 6. The predicted octanol–water partition coefficient (Wildman–Crippen LogP) is 4.69. The molecule has 184 valence electrons. The van der Waals surface area contributed by atoms with Gasteiger partial charge in [-0.15, -0.1) is 10.2 Å². The molecule has 1 aromatic heterocycles. The molecule has 1 fully saturated rings. The normalized spacial score (nSPS) is 13.6. The van der Waals surface area contributed by atoms with Crippen LogP contribution in [0.1, 0.15) is 5.56 Å². The van der Waals surface area contributed by atoms with Gasteiger partial charge in [-0.2, -0.15) is 0 Å². The Labute approximate surface area is 215 Å². The van der Waals surface area contributed by atoms with Gasteiger partial charge in [0.05, 0.1) is 18.6 Å². The Morgan fingerprint density at radius 1 is 0.889 bits per heavy atom. The van der Waals surface area contributed by atoms with Gasteiger partial charge in [-0.1, -0.05) is 71.9 Å². The van der Waals surface area contributed by atoms with Crippen LogP contribution in [-0.2, 0) is 4.79 Å². The summed E-state index contributed by atoms with van der Waals surface area (Å²) in [7, 11) is 1.69. The van der Waals surface area contributed by atoms with E-state index in [2.05, 4.69) is 52.4 Å². The minimum atomic E-state index is 0.111. The van der Waals surface area contributed by atoms with Crippen LogP contribution in [0.5, 0.6) is 5.75 Å². The maximum Gasteiger partial charge on any atom is 0.233 e. The highest BCUT2D eigenvalue weighted by atomic mass is 32.2. The van der Waals surface area contributed by atoms with Gasteiger partial charge in [0.25, 0.3) is 0 Å². The topological polar surface area (TPSA) is 63.5 Å². The standard InChI is InChI=1S/C28H29N5O2S/c1-21-12-14-23(15-13-21)33-27(22-8-4-3-5-9-22)29-30-28(33)36-20-26(34)32-18-16-31(17-19-32)24-10-6-7-11-25(24)35-2/h3-15H,16-20H2,1-2H3. The summed E-state index contributed by atoms with van der Waals surface area (Å²) in [4.78, 5) is 17.3. The smallest absolute Gasteiger partial charge is 0.233 e. The first-order valence-electron chi connectivity index (χ1n) is 12.0. The van der Waals surface area contributed by atoms with Crippen molar-refractivity contribution >= 4 is 23.4 Å². The molecule has 1 aliphatic heterocycles. The average Bonchev–Trinajstić information content (AvgIpc) is 3.36. The largest absolute Gasteiger partial charge is 0.495 e. The van der Waals surface area contributed by atoms with Crippen molar-refractivity contribution in [2.75, 3.05) is 43.9 Å². The maximum atomic E-state index is 13.1. The molecule has 0 aliphatic carbocycles. The Morgan fingerprint density at radius 2 is 1.58 bits per heavy atom. The summed E-state index contributed by atoms with van der Waals surface area (Å²) < 4.78 is 7.54. The highest BCUT2D eigenvalue weighted by Gasteiger charge is 2.24. The van der Waals surface area contributed by atoms with Crippen LogP contribution in [0.3, 0.4) is 0 Å². The molecule has 0 N–H and O–H groups in total. The minimum absolute atomic E-state index is 0.111. The molecule has 0 unspecified atom stereocenters. The molecular formula is C28H29N5O2S. The van der Waals surface area contributed by atoms with Crippen molar-refractivity contribution in [3.8, 4) is 22.8 Å². The van der Waals surface area contributed by atoms with Gasteiger partial charge in [0.15, 0.2) is 11.0 Å². The molecule has 0 bridgehead atoms. The zero-order valence-electron chi connectivity index (χ0n) is 20.5. The van der Waals surface area contributed by atoms with Gasteiger partial charge in [0.2, 0.25) is 5.91 Å². The number of nitrogens with zero attached hydrogens (tertiary/aromatic N) is 5. The first-order valence-corrected chi connectivity index (χ1v) is 13.0. The second-order valence-electron chi connectivity index (χ2n) is 8.67. The Balaban J connectivity index is 1.28. The predicted molar refractivity (Wildman–Crippen MR) is 144 cm³/mol. The van der Waals surface area contributed by atoms with E-state index in [0.717, 1.165) is 41.6 Å². The fraction of sp³-hybridized carbons (Fsp3) is 0.250. The van der Waals surface area contributed by atoms with Gasteiger partial charge >= 0.3 is 0 Å². The number of ether oxygens (including phenoxy) is 1. The van der Waals surface area contributed by atoms with Gasteiger partial charge in [-0.3, -0.25) is 9.36 Å².